The first-order valence-electron chi connectivity index (χ1n) is 8.73. The van der Waals surface area contributed by atoms with Gasteiger partial charge in [0.2, 0.25) is 11.8 Å². The fraction of sp³-hybridized carbons (Fsp3) is 0.474. The van der Waals surface area contributed by atoms with E-state index in [1.165, 1.54) is 10.9 Å². The molecule has 3 unspecified atom stereocenters. The number of carbonyl (C=O) groups is 2. The lowest BCUT2D eigenvalue weighted by Crippen LogP contribution is -2.35. The van der Waals surface area contributed by atoms with Gasteiger partial charge in [-0.15, -0.1) is 0 Å². The van der Waals surface area contributed by atoms with Crippen LogP contribution < -0.4 is 10.6 Å². The number of aromatic amines is 1. The molecule has 1 aliphatic rings. The summed E-state index contributed by atoms with van der Waals surface area (Å²) in [6.07, 6.45) is 4.35. The molecule has 1 aromatic carbocycles. The quantitative estimate of drug-likeness (QED) is 0.730. The average molecular weight is 327 g/mol. The second-order valence-electron chi connectivity index (χ2n) is 6.67. The zero-order valence-electron chi connectivity index (χ0n) is 14.3. The number of rotatable bonds is 7. The van der Waals surface area contributed by atoms with Crippen LogP contribution in [0.1, 0.15) is 32.3 Å². The van der Waals surface area contributed by atoms with E-state index in [9.17, 15) is 9.59 Å². The number of fused-ring (bicyclic) bond motifs is 1. The van der Waals surface area contributed by atoms with Gasteiger partial charge in [0.05, 0.1) is 11.8 Å². The van der Waals surface area contributed by atoms with Crippen LogP contribution in [0.3, 0.4) is 0 Å². The van der Waals surface area contributed by atoms with Crippen molar-refractivity contribution >= 4 is 22.7 Å². The van der Waals surface area contributed by atoms with Crippen LogP contribution in [0, 0.1) is 11.8 Å². The van der Waals surface area contributed by atoms with Gasteiger partial charge in [0, 0.05) is 29.7 Å². The van der Waals surface area contributed by atoms with Gasteiger partial charge < -0.3 is 15.6 Å². The van der Waals surface area contributed by atoms with Crippen LogP contribution in [-0.4, -0.2) is 29.4 Å². The van der Waals surface area contributed by atoms with Gasteiger partial charge in [-0.2, -0.15) is 0 Å². The minimum Gasteiger partial charge on any atom is -0.361 e. The predicted molar refractivity (Wildman–Crippen MR) is 94.5 cm³/mol. The minimum absolute atomic E-state index is 0.000794. The van der Waals surface area contributed by atoms with Gasteiger partial charge in [0.1, 0.15) is 0 Å². The number of carbonyl (C=O) groups excluding carboxylic acids is 2. The summed E-state index contributed by atoms with van der Waals surface area (Å²) < 4.78 is 0. The second kappa shape index (κ2) is 7.07. The number of para-hydroxylation sites is 1. The Morgan fingerprint density at radius 1 is 1.25 bits per heavy atom. The third-order valence-corrected chi connectivity index (χ3v) is 4.83. The number of benzene rings is 1. The van der Waals surface area contributed by atoms with E-state index in [1.54, 1.807) is 0 Å². The van der Waals surface area contributed by atoms with E-state index in [0.717, 1.165) is 18.4 Å². The summed E-state index contributed by atoms with van der Waals surface area (Å²) in [7, 11) is 0. The molecule has 1 aromatic heterocycles. The summed E-state index contributed by atoms with van der Waals surface area (Å²) in [5, 5.41) is 7.12. The Bertz CT molecular complexity index is 737. The molecule has 5 nitrogen and oxygen atoms in total. The second-order valence-corrected chi connectivity index (χ2v) is 6.67. The highest BCUT2D eigenvalue weighted by Gasteiger charge is 2.47. The normalized spacial score (nSPS) is 20.6. The third-order valence-electron chi connectivity index (χ3n) is 4.83. The lowest BCUT2D eigenvalue weighted by molar-refractivity contribution is -0.127. The van der Waals surface area contributed by atoms with Crippen LogP contribution >= 0.6 is 0 Å². The maximum absolute atomic E-state index is 12.2. The van der Waals surface area contributed by atoms with Crippen LogP contribution in [0.5, 0.6) is 0 Å². The molecule has 3 atom stereocenters. The molecule has 0 radical (unpaired) electrons. The lowest BCUT2D eigenvalue weighted by atomic mass is 10.1. The third kappa shape index (κ3) is 3.61. The van der Waals surface area contributed by atoms with Gasteiger partial charge in [-0.1, -0.05) is 25.1 Å². The van der Waals surface area contributed by atoms with E-state index in [0.29, 0.717) is 13.0 Å². The Morgan fingerprint density at radius 3 is 2.79 bits per heavy atom. The number of nitrogens with one attached hydrogen (secondary N) is 3. The van der Waals surface area contributed by atoms with Gasteiger partial charge in [-0.05, 0) is 37.8 Å². The fourth-order valence-corrected chi connectivity index (χ4v) is 3.02. The summed E-state index contributed by atoms with van der Waals surface area (Å²) in [6, 6.07) is 8.32. The van der Waals surface area contributed by atoms with Crippen LogP contribution in [0.4, 0.5) is 0 Å². The molecule has 0 bridgehead atoms. The molecule has 3 rings (SSSR count). The summed E-state index contributed by atoms with van der Waals surface area (Å²) in [6.45, 7) is 4.61. The van der Waals surface area contributed by atoms with Crippen molar-refractivity contribution in [2.75, 3.05) is 6.54 Å². The first-order valence-corrected chi connectivity index (χ1v) is 8.73. The zero-order chi connectivity index (χ0) is 17.1. The molecule has 1 heterocycles. The first-order chi connectivity index (χ1) is 11.6. The minimum atomic E-state index is -0.156. The smallest absolute Gasteiger partial charge is 0.224 e. The molecule has 0 aliphatic heterocycles. The van der Waals surface area contributed by atoms with Gasteiger partial charge in [-0.25, -0.2) is 0 Å². The molecule has 0 saturated heterocycles. The molecule has 5 heteroatoms. The predicted octanol–water partition coefficient (Wildman–Crippen LogP) is 2.38. The van der Waals surface area contributed by atoms with Crippen LogP contribution in [0.2, 0.25) is 0 Å². The van der Waals surface area contributed by atoms with E-state index in [-0.39, 0.29) is 29.7 Å². The van der Waals surface area contributed by atoms with Gasteiger partial charge in [0.15, 0.2) is 0 Å². The molecule has 128 valence electrons. The monoisotopic (exact) mass is 327 g/mol. The number of aromatic nitrogens is 1. The topological polar surface area (TPSA) is 74.0 Å². The molecule has 2 amide bonds. The van der Waals surface area contributed by atoms with Gasteiger partial charge in [0.25, 0.3) is 0 Å². The summed E-state index contributed by atoms with van der Waals surface area (Å²) >= 11 is 0. The molecule has 24 heavy (non-hydrogen) atoms. The summed E-state index contributed by atoms with van der Waals surface area (Å²) in [5.74, 6) is -0.288. The Hall–Kier alpha value is -2.30. The van der Waals surface area contributed by atoms with E-state index in [2.05, 4.69) is 21.7 Å². The van der Waals surface area contributed by atoms with E-state index in [1.807, 2.05) is 38.2 Å². The van der Waals surface area contributed by atoms with E-state index >= 15 is 0 Å². The Balaban J connectivity index is 1.45. The standard InChI is InChI=1S/C19H25N3O2/c1-3-12(2)22-19(24)16-10-15(16)18(23)20-9-8-13-11-21-17-7-5-4-6-14(13)17/h4-7,11-12,15-16,21H,3,8-10H2,1-2H3,(H,20,23)(H,22,24). The van der Waals surface area contributed by atoms with Crippen molar-refractivity contribution < 1.29 is 9.59 Å². The average Bonchev–Trinajstić information content (AvgIpc) is 3.30. The molecule has 1 aliphatic carbocycles. The van der Waals surface area contributed by atoms with Gasteiger partial charge in [-0.3, -0.25) is 9.59 Å². The van der Waals surface area contributed by atoms with Crippen molar-refractivity contribution in [3.8, 4) is 0 Å². The Labute approximate surface area is 142 Å². The van der Waals surface area contributed by atoms with Crippen molar-refractivity contribution in [2.45, 2.75) is 39.2 Å². The van der Waals surface area contributed by atoms with Crippen molar-refractivity contribution in [3.05, 3.63) is 36.0 Å². The molecule has 1 saturated carbocycles. The highest BCUT2D eigenvalue weighted by atomic mass is 16.2. The van der Waals surface area contributed by atoms with E-state index in [4.69, 9.17) is 0 Å². The number of amides is 2. The Kier molecular flexibility index (Phi) is 4.88. The first kappa shape index (κ1) is 16.6. The summed E-state index contributed by atoms with van der Waals surface area (Å²) in [4.78, 5) is 27.4. The number of H-pyrrole nitrogens is 1. The molecule has 0 spiro atoms. The maximum atomic E-state index is 12.2. The molecule has 3 N–H and O–H groups in total. The van der Waals surface area contributed by atoms with Gasteiger partial charge >= 0.3 is 0 Å². The van der Waals surface area contributed by atoms with Crippen LogP contribution in [-0.2, 0) is 16.0 Å². The van der Waals surface area contributed by atoms with Crippen molar-refractivity contribution in [1.82, 2.24) is 15.6 Å². The maximum Gasteiger partial charge on any atom is 0.224 e. The van der Waals surface area contributed by atoms with Crippen molar-refractivity contribution in [1.29, 1.82) is 0 Å². The molecular weight excluding hydrogens is 302 g/mol. The molecule has 1 fully saturated rings. The fourth-order valence-electron chi connectivity index (χ4n) is 3.02. The zero-order valence-corrected chi connectivity index (χ0v) is 14.3. The van der Waals surface area contributed by atoms with Crippen molar-refractivity contribution in [3.63, 3.8) is 0 Å². The largest absolute Gasteiger partial charge is 0.361 e. The van der Waals surface area contributed by atoms with Crippen LogP contribution in [0.15, 0.2) is 30.5 Å². The number of hydrogen-bond donors (Lipinski definition) is 3. The summed E-state index contributed by atoms with van der Waals surface area (Å²) in [5.41, 5.74) is 2.32. The SMILES string of the molecule is CCC(C)NC(=O)C1CC1C(=O)NCCc1c[nH]c2ccccc12. The van der Waals surface area contributed by atoms with Crippen LogP contribution in [0.25, 0.3) is 10.9 Å². The lowest BCUT2D eigenvalue weighted by Gasteiger charge is -2.11. The Morgan fingerprint density at radius 2 is 2.00 bits per heavy atom. The number of hydrogen-bond acceptors (Lipinski definition) is 2. The van der Waals surface area contributed by atoms with E-state index < -0.39 is 0 Å². The molecular formula is C19H25N3O2. The van der Waals surface area contributed by atoms with Crippen molar-refractivity contribution in [2.24, 2.45) is 11.8 Å². The highest BCUT2D eigenvalue weighted by Crippen LogP contribution is 2.38. The molecule has 2 aromatic rings. The highest BCUT2D eigenvalue weighted by molar-refractivity contribution is 5.92.